The van der Waals surface area contributed by atoms with E-state index in [0.29, 0.717) is 6.61 Å². The molecule has 0 heterocycles. The number of aliphatic hydroxyl groups excluding tert-OH is 1. The fourth-order valence-corrected chi connectivity index (χ4v) is 0.948. The maximum Gasteiger partial charge on any atom is 0.0433 e. The SMILES string of the molecule is C=CC/C=C/CC/C=C\CCCO. The minimum absolute atomic E-state index is 0.295. The highest BCUT2D eigenvalue weighted by molar-refractivity contribution is 4.91. The van der Waals surface area contributed by atoms with Crippen LogP contribution in [0.5, 0.6) is 0 Å². The highest BCUT2D eigenvalue weighted by Crippen LogP contribution is 1.97. The van der Waals surface area contributed by atoms with E-state index in [0.717, 1.165) is 32.1 Å². The quantitative estimate of drug-likeness (QED) is 0.449. The van der Waals surface area contributed by atoms with Crippen molar-refractivity contribution in [3.8, 4) is 0 Å². The number of allylic oxidation sites excluding steroid dienone is 5. The van der Waals surface area contributed by atoms with Gasteiger partial charge in [-0.2, -0.15) is 0 Å². The average molecular weight is 180 g/mol. The first-order valence-electron chi connectivity index (χ1n) is 4.93. The summed E-state index contributed by atoms with van der Waals surface area (Å²) in [6, 6.07) is 0. The lowest BCUT2D eigenvalue weighted by Crippen LogP contribution is -1.78. The molecule has 13 heavy (non-hydrogen) atoms. The van der Waals surface area contributed by atoms with E-state index < -0.39 is 0 Å². The standard InChI is InChI=1S/C12H20O/c1-2-3-4-5-6-7-8-9-10-11-12-13/h2,4-5,8-9,13H,1,3,6-7,10-12H2/b5-4+,9-8-. The monoisotopic (exact) mass is 180 g/mol. The zero-order valence-corrected chi connectivity index (χ0v) is 8.28. The van der Waals surface area contributed by atoms with Gasteiger partial charge in [-0.3, -0.25) is 0 Å². The highest BCUT2D eigenvalue weighted by Gasteiger charge is 1.79. The predicted molar refractivity (Wildman–Crippen MR) is 58.6 cm³/mol. The molecule has 0 aliphatic heterocycles. The second-order valence-corrected chi connectivity index (χ2v) is 2.91. The van der Waals surface area contributed by atoms with E-state index in [1.54, 1.807) is 0 Å². The summed E-state index contributed by atoms with van der Waals surface area (Å²) in [6.45, 7) is 3.93. The molecule has 0 amide bonds. The van der Waals surface area contributed by atoms with Crippen molar-refractivity contribution in [1.29, 1.82) is 0 Å². The summed E-state index contributed by atoms with van der Waals surface area (Å²) in [6.07, 6.45) is 15.6. The van der Waals surface area contributed by atoms with E-state index >= 15 is 0 Å². The van der Waals surface area contributed by atoms with Crippen LogP contribution in [0.1, 0.15) is 32.1 Å². The molecule has 0 aliphatic carbocycles. The largest absolute Gasteiger partial charge is 0.396 e. The lowest BCUT2D eigenvalue weighted by atomic mass is 10.2. The number of aliphatic hydroxyl groups is 1. The second kappa shape index (κ2) is 11.2. The van der Waals surface area contributed by atoms with Crippen LogP contribution in [0.25, 0.3) is 0 Å². The van der Waals surface area contributed by atoms with E-state index in [4.69, 9.17) is 5.11 Å². The van der Waals surface area contributed by atoms with Crippen molar-refractivity contribution in [2.24, 2.45) is 0 Å². The van der Waals surface area contributed by atoms with Crippen LogP contribution in [-0.4, -0.2) is 11.7 Å². The van der Waals surface area contributed by atoms with Crippen molar-refractivity contribution >= 4 is 0 Å². The Bertz CT molecular complexity index is 157. The molecule has 0 saturated carbocycles. The van der Waals surface area contributed by atoms with E-state index in [-0.39, 0.29) is 0 Å². The number of hydrogen-bond donors (Lipinski definition) is 1. The molecular formula is C12H20O. The van der Waals surface area contributed by atoms with Gasteiger partial charge in [0.05, 0.1) is 0 Å². The minimum Gasteiger partial charge on any atom is -0.396 e. The molecule has 1 nitrogen and oxygen atoms in total. The molecule has 0 spiro atoms. The zero-order valence-electron chi connectivity index (χ0n) is 8.28. The van der Waals surface area contributed by atoms with Gasteiger partial charge in [-0.1, -0.05) is 30.4 Å². The lowest BCUT2D eigenvalue weighted by molar-refractivity contribution is 0.289. The summed E-state index contributed by atoms with van der Waals surface area (Å²) >= 11 is 0. The maximum absolute atomic E-state index is 8.51. The minimum atomic E-state index is 0.295. The van der Waals surface area contributed by atoms with Gasteiger partial charge < -0.3 is 5.11 Å². The van der Waals surface area contributed by atoms with Gasteiger partial charge in [-0.05, 0) is 32.1 Å². The van der Waals surface area contributed by atoms with Crippen LogP contribution in [0.4, 0.5) is 0 Å². The van der Waals surface area contributed by atoms with Crippen molar-refractivity contribution < 1.29 is 5.11 Å². The van der Waals surface area contributed by atoms with Crippen molar-refractivity contribution in [2.45, 2.75) is 32.1 Å². The van der Waals surface area contributed by atoms with Crippen LogP contribution in [0, 0.1) is 0 Å². The molecule has 0 unspecified atom stereocenters. The Labute approximate surface area is 81.5 Å². The summed E-state index contributed by atoms with van der Waals surface area (Å²) in [5.74, 6) is 0. The molecule has 0 aliphatic rings. The smallest absolute Gasteiger partial charge is 0.0433 e. The van der Waals surface area contributed by atoms with Crippen molar-refractivity contribution in [3.05, 3.63) is 37.0 Å². The Kier molecular flexibility index (Phi) is 10.5. The van der Waals surface area contributed by atoms with E-state index in [9.17, 15) is 0 Å². The van der Waals surface area contributed by atoms with Gasteiger partial charge in [0.2, 0.25) is 0 Å². The molecule has 0 aromatic carbocycles. The van der Waals surface area contributed by atoms with Gasteiger partial charge in [-0.15, -0.1) is 6.58 Å². The molecule has 0 rings (SSSR count). The van der Waals surface area contributed by atoms with Gasteiger partial charge in [-0.25, -0.2) is 0 Å². The van der Waals surface area contributed by atoms with Gasteiger partial charge in [0.1, 0.15) is 0 Å². The average Bonchev–Trinajstić information content (AvgIpc) is 2.16. The Balaban J connectivity index is 3.14. The molecule has 0 radical (unpaired) electrons. The van der Waals surface area contributed by atoms with Crippen molar-refractivity contribution in [2.75, 3.05) is 6.61 Å². The third kappa shape index (κ3) is 11.2. The number of rotatable bonds is 8. The zero-order chi connectivity index (χ0) is 9.78. The van der Waals surface area contributed by atoms with Crippen LogP contribution in [0.2, 0.25) is 0 Å². The van der Waals surface area contributed by atoms with Gasteiger partial charge in [0.15, 0.2) is 0 Å². The Morgan fingerprint density at radius 1 is 0.923 bits per heavy atom. The fourth-order valence-electron chi connectivity index (χ4n) is 0.948. The Morgan fingerprint density at radius 2 is 1.54 bits per heavy atom. The fraction of sp³-hybridized carbons (Fsp3) is 0.500. The van der Waals surface area contributed by atoms with E-state index in [1.165, 1.54) is 0 Å². The third-order valence-corrected chi connectivity index (χ3v) is 1.66. The molecule has 1 N–H and O–H groups in total. The molecule has 0 aromatic heterocycles. The molecule has 0 atom stereocenters. The summed E-state index contributed by atoms with van der Waals surface area (Å²) < 4.78 is 0. The summed E-state index contributed by atoms with van der Waals surface area (Å²) in [5, 5.41) is 8.51. The van der Waals surface area contributed by atoms with Crippen LogP contribution >= 0.6 is 0 Å². The Morgan fingerprint density at radius 3 is 2.15 bits per heavy atom. The van der Waals surface area contributed by atoms with Crippen LogP contribution in [0.15, 0.2) is 37.0 Å². The summed E-state index contributed by atoms with van der Waals surface area (Å²) in [4.78, 5) is 0. The van der Waals surface area contributed by atoms with E-state index in [2.05, 4.69) is 30.9 Å². The molecule has 0 aromatic rings. The summed E-state index contributed by atoms with van der Waals surface area (Å²) in [5.41, 5.74) is 0. The number of hydrogen-bond acceptors (Lipinski definition) is 1. The third-order valence-electron chi connectivity index (χ3n) is 1.66. The topological polar surface area (TPSA) is 20.2 Å². The highest BCUT2D eigenvalue weighted by atomic mass is 16.2. The molecular weight excluding hydrogens is 160 g/mol. The predicted octanol–water partition coefficient (Wildman–Crippen LogP) is 3.23. The number of unbranched alkanes of at least 4 members (excludes halogenated alkanes) is 2. The molecule has 0 saturated heterocycles. The first-order valence-corrected chi connectivity index (χ1v) is 4.93. The van der Waals surface area contributed by atoms with Crippen molar-refractivity contribution in [1.82, 2.24) is 0 Å². The maximum atomic E-state index is 8.51. The summed E-state index contributed by atoms with van der Waals surface area (Å²) in [7, 11) is 0. The molecule has 74 valence electrons. The van der Waals surface area contributed by atoms with Crippen molar-refractivity contribution in [3.63, 3.8) is 0 Å². The van der Waals surface area contributed by atoms with E-state index in [1.807, 2.05) is 6.08 Å². The van der Waals surface area contributed by atoms with Crippen LogP contribution < -0.4 is 0 Å². The first kappa shape index (κ1) is 12.2. The van der Waals surface area contributed by atoms with Gasteiger partial charge >= 0.3 is 0 Å². The van der Waals surface area contributed by atoms with Crippen LogP contribution in [0.3, 0.4) is 0 Å². The first-order chi connectivity index (χ1) is 6.41. The normalized spacial score (nSPS) is 11.5. The van der Waals surface area contributed by atoms with Crippen LogP contribution in [-0.2, 0) is 0 Å². The van der Waals surface area contributed by atoms with Gasteiger partial charge in [0.25, 0.3) is 0 Å². The molecule has 0 bridgehead atoms. The molecule has 0 fully saturated rings. The molecule has 1 heteroatoms. The second-order valence-electron chi connectivity index (χ2n) is 2.91. The van der Waals surface area contributed by atoms with Gasteiger partial charge in [0, 0.05) is 6.61 Å². The lowest BCUT2D eigenvalue weighted by Gasteiger charge is -1.88. The Hall–Kier alpha value is -0.820.